The SMILES string of the molecule is Cc1ccc(Nc2nc(C(=O)N3CCOCC3)cs2)cc1. The molecule has 1 N–H and O–H groups in total. The number of ether oxygens (including phenoxy) is 1. The number of rotatable bonds is 3. The van der Waals surface area contributed by atoms with Gasteiger partial charge in [0.15, 0.2) is 5.13 Å². The first-order valence-electron chi connectivity index (χ1n) is 6.88. The maximum atomic E-state index is 12.3. The van der Waals surface area contributed by atoms with Gasteiger partial charge in [0.25, 0.3) is 5.91 Å². The van der Waals surface area contributed by atoms with Gasteiger partial charge in [-0.05, 0) is 19.1 Å². The lowest BCUT2D eigenvalue weighted by molar-refractivity contribution is 0.0299. The van der Waals surface area contributed by atoms with E-state index < -0.39 is 0 Å². The Bertz CT molecular complexity index is 618. The molecule has 0 aliphatic carbocycles. The molecule has 1 fully saturated rings. The number of amides is 1. The van der Waals surface area contributed by atoms with Gasteiger partial charge in [-0.15, -0.1) is 11.3 Å². The van der Waals surface area contributed by atoms with E-state index in [1.54, 1.807) is 10.3 Å². The van der Waals surface area contributed by atoms with Crippen molar-refractivity contribution in [3.05, 3.63) is 40.9 Å². The minimum Gasteiger partial charge on any atom is -0.378 e. The first kappa shape index (κ1) is 14.0. The van der Waals surface area contributed by atoms with E-state index in [0.717, 1.165) is 10.8 Å². The predicted molar refractivity (Wildman–Crippen MR) is 83.3 cm³/mol. The van der Waals surface area contributed by atoms with Crippen LogP contribution in [0.1, 0.15) is 16.1 Å². The smallest absolute Gasteiger partial charge is 0.273 e. The first-order valence-corrected chi connectivity index (χ1v) is 7.76. The van der Waals surface area contributed by atoms with Crippen LogP contribution in [0.25, 0.3) is 0 Å². The summed E-state index contributed by atoms with van der Waals surface area (Å²) in [6, 6.07) is 8.08. The average molecular weight is 303 g/mol. The number of morpholine rings is 1. The summed E-state index contributed by atoms with van der Waals surface area (Å²) < 4.78 is 5.26. The van der Waals surface area contributed by atoms with Crippen LogP contribution < -0.4 is 5.32 Å². The number of aryl methyl sites for hydroxylation is 1. The van der Waals surface area contributed by atoms with E-state index in [1.165, 1.54) is 16.9 Å². The van der Waals surface area contributed by atoms with E-state index in [9.17, 15) is 4.79 Å². The second-order valence-corrected chi connectivity index (χ2v) is 5.79. The molecule has 3 rings (SSSR count). The van der Waals surface area contributed by atoms with Gasteiger partial charge in [0.05, 0.1) is 13.2 Å². The topological polar surface area (TPSA) is 54.5 Å². The molecule has 0 radical (unpaired) electrons. The van der Waals surface area contributed by atoms with Crippen LogP contribution in [0.3, 0.4) is 0 Å². The van der Waals surface area contributed by atoms with Gasteiger partial charge in [-0.1, -0.05) is 17.7 Å². The van der Waals surface area contributed by atoms with E-state index in [1.807, 2.05) is 31.2 Å². The summed E-state index contributed by atoms with van der Waals surface area (Å²) in [7, 11) is 0. The van der Waals surface area contributed by atoms with Gasteiger partial charge in [-0.2, -0.15) is 0 Å². The Labute approximate surface area is 127 Å². The van der Waals surface area contributed by atoms with Crippen LogP contribution in [-0.4, -0.2) is 42.1 Å². The highest BCUT2D eigenvalue weighted by Crippen LogP contribution is 2.22. The molecule has 2 heterocycles. The molecule has 0 spiro atoms. The Morgan fingerprint density at radius 3 is 2.71 bits per heavy atom. The highest BCUT2D eigenvalue weighted by molar-refractivity contribution is 7.14. The van der Waals surface area contributed by atoms with Crippen molar-refractivity contribution in [2.24, 2.45) is 0 Å². The third kappa shape index (κ3) is 3.40. The highest BCUT2D eigenvalue weighted by Gasteiger charge is 2.20. The zero-order valence-corrected chi connectivity index (χ0v) is 12.7. The molecule has 5 nitrogen and oxygen atoms in total. The number of hydrogen-bond acceptors (Lipinski definition) is 5. The van der Waals surface area contributed by atoms with Crippen LogP contribution in [-0.2, 0) is 4.74 Å². The summed E-state index contributed by atoms with van der Waals surface area (Å²) >= 11 is 1.44. The van der Waals surface area contributed by atoms with Crippen LogP contribution in [0.15, 0.2) is 29.6 Å². The molecule has 1 amide bonds. The predicted octanol–water partition coefficient (Wildman–Crippen LogP) is 2.67. The van der Waals surface area contributed by atoms with Crippen molar-refractivity contribution in [1.82, 2.24) is 9.88 Å². The van der Waals surface area contributed by atoms with E-state index >= 15 is 0 Å². The van der Waals surface area contributed by atoms with Crippen molar-refractivity contribution < 1.29 is 9.53 Å². The summed E-state index contributed by atoms with van der Waals surface area (Å²) in [5.74, 6) is -0.0218. The summed E-state index contributed by atoms with van der Waals surface area (Å²) in [6.07, 6.45) is 0. The number of aromatic nitrogens is 1. The molecule has 6 heteroatoms. The molecule has 1 aromatic carbocycles. The molecule has 0 unspecified atom stereocenters. The summed E-state index contributed by atoms with van der Waals surface area (Å²) in [4.78, 5) is 18.5. The number of nitrogens with zero attached hydrogens (tertiary/aromatic N) is 2. The van der Waals surface area contributed by atoms with Gasteiger partial charge < -0.3 is 15.0 Å². The molecule has 110 valence electrons. The molecule has 1 aliphatic rings. The number of nitrogens with one attached hydrogen (secondary N) is 1. The van der Waals surface area contributed by atoms with Crippen molar-refractivity contribution >= 4 is 28.1 Å². The van der Waals surface area contributed by atoms with Crippen molar-refractivity contribution in [2.75, 3.05) is 31.6 Å². The number of thiazole rings is 1. The van der Waals surface area contributed by atoms with Crippen LogP contribution in [0.2, 0.25) is 0 Å². The minimum absolute atomic E-state index is 0.0218. The highest BCUT2D eigenvalue weighted by atomic mass is 32.1. The summed E-state index contributed by atoms with van der Waals surface area (Å²) in [5.41, 5.74) is 2.68. The normalized spacial score (nSPS) is 15.0. The largest absolute Gasteiger partial charge is 0.378 e. The maximum Gasteiger partial charge on any atom is 0.273 e. The molecule has 21 heavy (non-hydrogen) atoms. The zero-order valence-electron chi connectivity index (χ0n) is 11.8. The lowest BCUT2D eigenvalue weighted by atomic mass is 10.2. The number of benzene rings is 1. The van der Waals surface area contributed by atoms with Crippen LogP contribution in [0.4, 0.5) is 10.8 Å². The monoisotopic (exact) mass is 303 g/mol. The van der Waals surface area contributed by atoms with Crippen LogP contribution >= 0.6 is 11.3 Å². The van der Waals surface area contributed by atoms with E-state index in [2.05, 4.69) is 10.3 Å². The van der Waals surface area contributed by atoms with Gasteiger partial charge in [-0.25, -0.2) is 4.98 Å². The van der Waals surface area contributed by atoms with Crippen molar-refractivity contribution in [2.45, 2.75) is 6.92 Å². The van der Waals surface area contributed by atoms with E-state index in [4.69, 9.17) is 4.74 Å². The molecule has 2 aromatic rings. The quantitative estimate of drug-likeness (QED) is 0.947. The number of carbonyl (C=O) groups excluding carboxylic acids is 1. The third-order valence-corrected chi connectivity index (χ3v) is 4.08. The molecule has 1 aliphatic heterocycles. The van der Waals surface area contributed by atoms with Gasteiger partial charge in [0.2, 0.25) is 0 Å². The van der Waals surface area contributed by atoms with Gasteiger partial charge >= 0.3 is 0 Å². The van der Waals surface area contributed by atoms with E-state index in [0.29, 0.717) is 32.0 Å². The Morgan fingerprint density at radius 2 is 2.00 bits per heavy atom. The number of anilines is 2. The van der Waals surface area contributed by atoms with Crippen molar-refractivity contribution in [1.29, 1.82) is 0 Å². The molecule has 1 saturated heterocycles. The number of carbonyl (C=O) groups is 1. The Balaban J connectivity index is 1.68. The molecular weight excluding hydrogens is 286 g/mol. The van der Waals surface area contributed by atoms with Crippen molar-refractivity contribution in [3.63, 3.8) is 0 Å². The summed E-state index contributed by atoms with van der Waals surface area (Å²) in [5, 5.41) is 5.75. The molecule has 0 bridgehead atoms. The third-order valence-electron chi connectivity index (χ3n) is 3.32. The van der Waals surface area contributed by atoms with Gasteiger partial charge in [-0.3, -0.25) is 4.79 Å². The lowest BCUT2D eigenvalue weighted by Crippen LogP contribution is -2.40. The second-order valence-electron chi connectivity index (χ2n) is 4.93. The molecule has 0 atom stereocenters. The van der Waals surface area contributed by atoms with Crippen LogP contribution in [0, 0.1) is 6.92 Å². The Hall–Kier alpha value is -1.92. The minimum atomic E-state index is -0.0218. The Kier molecular flexibility index (Phi) is 4.17. The zero-order chi connectivity index (χ0) is 14.7. The van der Waals surface area contributed by atoms with Crippen LogP contribution in [0.5, 0.6) is 0 Å². The fourth-order valence-corrected chi connectivity index (χ4v) is 2.82. The second kappa shape index (κ2) is 6.24. The van der Waals surface area contributed by atoms with E-state index in [-0.39, 0.29) is 5.91 Å². The number of hydrogen-bond donors (Lipinski definition) is 1. The standard InChI is InChI=1S/C15H17N3O2S/c1-11-2-4-12(5-3-11)16-15-17-13(10-21-15)14(19)18-6-8-20-9-7-18/h2-5,10H,6-9H2,1H3,(H,16,17). The first-order chi connectivity index (χ1) is 10.2. The average Bonchev–Trinajstić information content (AvgIpc) is 2.98. The van der Waals surface area contributed by atoms with Gasteiger partial charge in [0.1, 0.15) is 5.69 Å². The maximum absolute atomic E-state index is 12.3. The lowest BCUT2D eigenvalue weighted by Gasteiger charge is -2.25. The molecular formula is C15H17N3O2S. The van der Waals surface area contributed by atoms with Crippen molar-refractivity contribution in [3.8, 4) is 0 Å². The molecule has 1 aromatic heterocycles. The summed E-state index contributed by atoms with van der Waals surface area (Å²) in [6.45, 7) is 4.52. The fraction of sp³-hybridized carbons (Fsp3) is 0.333. The fourth-order valence-electron chi connectivity index (χ4n) is 2.12. The Morgan fingerprint density at radius 1 is 1.29 bits per heavy atom. The van der Waals surface area contributed by atoms with Gasteiger partial charge in [0, 0.05) is 24.2 Å². The molecule has 0 saturated carbocycles.